The van der Waals surface area contributed by atoms with Crippen molar-refractivity contribution >= 4 is 39.0 Å². The SMILES string of the molecule is Cc1c(C(N)=O)sc2ncnc(Nc3ccc(F)cc3O[C@@H]3CCOC3)c12. The maximum atomic E-state index is 13.8. The number of thiophene rings is 1. The van der Waals surface area contributed by atoms with Crippen molar-refractivity contribution in [1.82, 2.24) is 9.97 Å². The fourth-order valence-corrected chi connectivity index (χ4v) is 4.01. The van der Waals surface area contributed by atoms with E-state index in [4.69, 9.17) is 15.2 Å². The van der Waals surface area contributed by atoms with Gasteiger partial charge in [-0.05, 0) is 24.6 Å². The number of hydrogen-bond donors (Lipinski definition) is 2. The van der Waals surface area contributed by atoms with Crippen LogP contribution in [0.4, 0.5) is 15.9 Å². The molecule has 1 amide bonds. The van der Waals surface area contributed by atoms with E-state index in [1.54, 1.807) is 13.0 Å². The average molecular weight is 388 g/mol. The third-order valence-electron chi connectivity index (χ3n) is 4.33. The van der Waals surface area contributed by atoms with E-state index in [-0.39, 0.29) is 6.10 Å². The lowest BCUT2D eigenvalue weighted by Gasteiger charge is -2.17. The molecule has 0 saturated carbocycles. The fourth-order valence-electron chi connectivity index (χ4n) is 3.01. The van der Waals surface area contributed by atoms with Gasteiger partial charge in [0.25, 0.3) is 5.91 Å². The third kappa shape index (κ3) is 3.43. The molecular formula is C18H17FN4O3S. The van der Waals surface area contributed by atoms with Crippen LogP contribution in [0.2, 0.25) is 0 Å². The number of nitrogens with one attached hydrogen (secondary N) is 1. The molecule has 1 aliphatic rings. The summed E-state index contributed by atoms with van der Waals surface area (Å²) in [6.07, 6.45) is 2.03. The molecule has 7 nitrogen and oxygen atoms in total. The molecule has 0 bridgehead atoms. The molecule has 3 heterocycles. The Bertz CT molecular complexity index is 1020. The second-order valence-corrected chi connectivity index (χ2v) is 7.19. The van der Waals surface area contributed by atoms with Crippen LogP contribution in [0.1, 0.15) is 21.7 Å². The Morgan fingerprint density at radius 2 is 2.30 bits per heavy atom. The zero-order chi connectivity index (χ0) is 19.0. The monoisotopic (exact) mass is 388 g/mol. The lowest BCUT2D eigenvalue weighted by atomic mass is 10.2. The average Bonchev–Trinajstić information content (AvgIpc) is 3.26. The number of aromatic nitrogens is 2. The highest BCUT2D eigenvalue weighted by molar-refractivity contribution is 7.20. The van der Waals surface area contributed by atoms with Gasteiger partial charge in [0.2, 0.25) is 0 Å². The summed E-state index contributed by atoms with van der Waals surface area (Å²) in [5, 5.41) is 3.89. The Labute approximate surface area is 158 Å². The number of aryl methyl sites for hydroxylation is 1. The van der Waals surface area contributed by atoms with E-state index < -0.39 is 11.7 Å². The molecule has 0 aliphatic carbocycles. The van der Waals surface area contributed by atoms with E-state index in [9.17, 15) is 9.18 Å². The minimum atomic E-state index is -0.506. The first-order valence-electron chi connectivity index (χ1n) is 8.38. The number of ether oxygens (including phenoxy) is 2. The van der Waals surface area contributed by atoms with E-state index in [0.29, 0.717) is 51.1 Å². The zero-order valence-corrected chi connectivity index (χ0v) is 15.3. The second kappa shape index (κ2) is 7.09. The highest BCUT2D eigenvalue weighted by Gasteiger charge is 2.21. The molecule has 1 aromatic carbocycles. The molecule has 3 aromatic rings. The van der Waals surface area contributed by atoms with Gasteiger partial charge < -0.3 is 20.5 Å². The van der Waals surface area contributed by atoms with Gasteiger partial charge in [0.15, 0.2) is 0 Å². The summed E-state index contributed by atoms with van der Waals surface area (Å²) in [4.78, 5) is 21.2. The van der Waals surface area contributed by atoms with Crippen molar-refractivity contribution in [2.24, 2.45) is 5.73 Å². The molecule has 2 aromatic heterocycles. The summed E-state index contributed by atoms with van der Waals surface area (Å²) < 4.78 is 25.0. The molecule has 3 N–H and O–H groups in total. The Morgan fingerprint density at radius 1 is 1.44 bits per heavy atom. The molecule has 140 valence electrons. The molecule has 9 heteroatoms. The lowest BCUT2D eigenvalue weighted by Crippen LogP contribution is -2.16. The largest absolute Gasteiger partial charge is 0.486 e. The van der Waals surface area contributed by atoms with Gasteiger partial charge in [0, 0.05) is 12.5 Å². The number of benzene rings is 1. The van der Waals surface area contributed by atoms with Crippen LogP contribution in [-0.2, 0) is 4.74 Å². The number of nitrogens with two attached hydrogens (primary N) is 1. The van der Waals surface area contributed by atoms with Gasteiger partial charge in [-0.2, -0.15) is 0 Å². The maximum absolute atomic E-state index is 13.8. The van der Waals surface area contributed by atoms with E-state index >= 15 is 0 Å². The van der Waals surface area contributed by atoms with Crippen LogP contribution < -0.4 is 15.8 Å². The van der Waals surface area contributed by atoms with Crippen LogP contribution in [0.5, 0.6) is 5.75 Å². The van der Waals surface area contributed by atoms with Gasteiger partial charge in [-0.15, -0.1) is 11.3 Å². The Hall–Kier alpha value is -2.78. The molecule has 4 rings (SSSR count). The number of carbonyl (C=O) groups excluding carboxylic acids is 1. The van der Waals surface area contributed by atoms with Gasteiger partial charge in [-0.1, -0.05) is 0 Å². The molecular weight excluding hydrogens is 371 g/mol. The van der Waals surface area contributed by atoms with Crippen molar-refractivity contribution in [1.29, 1.82) is 0 Å². The number of fused-ring (bicyclic) bond motifs is 1. The molecule has 1 saturated heterocycles. The van der Waals surface area contributed by atoms with Crippen molar-refractivity contribution < 1.29 is 18.7 Å². The highest BCUT2D eigenvalue weighted by atomic mass is 32.1. The number of primary amides is 1. The summed E-state index contributed by atoms with van der Waals surface area (Å²) in [6, 6.07) is 4.26. The number of hydrogen-bond acceptors (Lipinski definition) is 7. The smallest absolute Gasteiger partial charge is 0.259 e. The predicted octanol–water partition coefficient (Wildman–Crippen LogP) is 3.15. The lowest BCUT2D eigenvalue weighted by molar-refractivity contribution is 0.100. The number of nitrogens with zero attached hydrogens (tertiary/aromatic N) is 2. The molecule has 0 radical (unpaired) electrons. The van der Waals surface area contributed by atoms with Gasteiger partial charge in [-0.3, -0.25) is 4.79 Å². The van der Waals surface area contributed by atoms with Crippen LogP contribution in [0.25, 0.3) is 10.2 Å². The topological polar surface area (TPSA) is 99.4 Å². The molecule has 0 spiro atoms. The normalized spacial score (nSPS) is 16.6. The summed E-state index contributed by atoms with van der Waals surface area (Å²) in [7, 11) is 0. The van der Waals surface area contributed by atoms with Crippen molar-refractivity contribution in [2.75, 3.05) is 18.5 Å². The number of rotatable bonds is 5. The van der Waals surface area contributed by atoms with Crippen LogP contribution >= 0.6 is 11.3 Å². The van der Waals surface area contributed by atoms with Gasteiger partial charge in [0.1, 0.15) is 34.6 Å². The molecule has 1 fully saturated rings. The minimum Gasteiger partial charge on any atom is -0.486 e. The quantitative estimate of drug-likeness (QED) is 0.697. The first-order chi connectivity index (χ1) is 13.0. The summed E-state index contributed by atoms with van der Waals surface area (Å²) in [5.74, 6) is -0.0285. The summed E-state index contributed by atoms with van der Waals surface area (Å²) in [5.41, 5.74) is 6.71. The number of anilines is 2. The van der Waals surface area contributed by atoms with Crippen molar-refractivity contribution in [3.05, 3.63) is 40.8 Å². The first-order valence-corrected chi connectivity index (χ1v) is 9.19. The maximum Gasteiger partial charge on any atom is 0.259 e. The van der Waals surface area contributed by atoms with Crippen molar-refractivity contribution in [2.45, 2.75) is 19.4 Å². The van der Waals surface area contributed by atoms with E-state index in [1.807, 2.05) is 0 Å². The zero-order valence-electron chi connectivity index (χ0n) is 14.5. The minimum absolute atomic E-state index is 0.123. The number of halogens is 1. The molecule has 0 unspecified atom stereocenters. The predicted molar refractivity (Wildman–Crippen MR) is 100 cm³/mol. The van der Waals surface area contributed by atoms with Crippen LogP contribution in [0, 0.1) is 12.7 Å². The van der Waals surface area contributed by atoms with Gasteiger partial charge in [0.05, 0.1) is 29.2 Å². The second-order valence-electron chi connectivity index (χ2n) is 6.19. The Balaban J connectivity index is 1.73. The van der Waals surface area contributed by atoms with Crippen molar-refractivity contribution in [3.63, 3.8) is 0 Å². The fraction of sp³-hybridized carbons (Fsp3) is 0.278. The molecule has 1 aliphatic heterocycles. The first kappa shape index (κ1) is 17.6. The van der Waals surface area contributed by atoms with Crippen molar-refractivity contribution in [3.8, 4) is 5.75 Å². The summed E-state index contributed by atoms with van der Waals surface area (Å²) >= 11 is 1.22. The van der Waals surface area contributed by atoms with E-state index in [2.05, 4.69) is 15.3 Å². The summed E-state index contributed by atoms with van der Waals surface area (Å²) in [6.45, 7) is 2.89. The van der Waals surface area contributed by atoms with Crippen LogP contribution in [0.3, 0.4) is 0 Å². The Kier molecular flexibility index (Phi) is 4.63. The van der Waals surface area contributed by atoms with Crippen LogP contribution in [-0.4, -0.2) is 35.2 Å². The Morgan fingerprint density at radius 3 is 3.04 bits per heavy atom. The number of amides is 1. The standard InChI is InChI=1S/C18H17FN4O3S/c1-9-14-17(21-8-22-18(14)27-15(9)16(20)24)23-12-3-2-10(19)6-13(12)26-11-4-5-25-7-11/h2-3,6,8,11H,4-5,7H2,1H3,(H2,20,24)(H,21,22,23)/t11-/m1/s1. The number of carbonyl (C=O) groups is 1. The molecule has 1 atom stereocenters. The molecule has 27 heavy (non-hydrogen) atoms. The van der Waals surface area contributed by atoms with Gasteiger partial charge in [-0.25, -0.2) is 14.4 Å². The van der Waals surface area contributed by atoms with Crippen LogP contribution in [0.15, 0.2) is 24.5 Å². The van der Waals surface area contributed by atoms with Gasteiger partial charge >= 0.3 is 0 Å². The highest BCUT2D eigenvalue weighted by Crippen LogP contribution is 2.36. The third-order valence-corrected chi connectivity index (χ3v) is 5.54. The van der Waals surface area contributed by atoms with E-state index in [0.717, 1.165) is 6.42 Å². The van der Waals surface area contributed by atoms with E-state index in [1.165, 1.54) is 29.8 Å².